The van der Waals surface area contributed by atoms with Gasteiger partial charge in [0.25, 0.3) is 11.8 Å². The Balaban J connectivity index is 0.778. The molecule has 6 heterocycles. The minimum Gasteiger partial charge on any atom is -0.495 e. The Morgan fingerprint density at radius 3 is 2.31 bits per heavy atom. The van der Waals surface area contributed by atoms with Crippen LogP contribution >= 0.6 is 0 Å². The molecule has 4 fully saturated rings. The van der Waals surface area contributed by atoms with E-state index in [1.807, 2.05) is 42.2 Å². The molecule has 59 heavy (non-hydrogen) atoms. The Kier molecular flexibility index (Phi) is 11.1. The fraction of sp³-hybridized carbons (Fsp3) is 0.465. The third-order valence-electron chi connectivity index (χ3n) is 12.5. The number of urea groups is 1. The first kappa shape index (κ1) is 39.6. The molecule has 16 nitrogen and oxygen atoms in total. The second-order valence-corrected chi connectivity index (χ2v) is 16.2. The molecule has 0 bridgehead atoms. The maximum atomic E-state index is 13.4. The highest BCUT2D eigenvalue weighted by Crippen LogP contribution is 2.33. The van der Waals surface area contributed by atoms with Gasteiger partial charge in [0.05, 0.1) is 35.7 Å². The number of piperidine rings is 2. The number of nitriles is 1. The van der Waals surface area contributed by atoms with E-state index in [0.29, 0.717) is 47.1 Å². The summed E-state index contributed by atoms with van der Waals surface area (Å²) in [5, 5.41) is 14.7. The second-order valence-electron chi connectivity index (χ2n) is 16.2. The van der Waals surface area contributed by atoms with Crippen LogP contribution < -0.4 is 30.1 Å². The molecule has 0 unspecified atom stereocenters. The Labute approximate surface area is 343 Å². The molecule has 4 saturated heterocycles. The fourth-order valence-electron chi connectivity index (χ4n) is 9.12. The number of hydrogen-bond acceptors (Lipinski definition) is 12. The quantitative estimate of drug-likeness (QED) is 0.318. The van der Waals surface area contributed by atoms with Gasteiger partial charge in [-0.2, -0.15) is 5.26 Å². The Bertz CT molecular complexity index is 2180. The average Bonchev–Trinajstić information content (AvgIpc) is 3.49. The van der Waals surface area contributed by atoms with Gasteiger partial charge in [-0.1, -0.05) is 0 Å². The molecule has 8 rings (SSSR count). The second kappa shape index (κ2) is 16.6. The Morgan fingerprint density at radius 1 is 0.864 bits per heavy atom. The summed E-state index contributed by atoms with van der Waals surface area (Å²) in [6.45, 7) is 11.5. The number of rotatable bonds is 8. The van der Waals surface area contributed by atoms with Crippen LogP contribution in [-0.4, -0.2) is 133 Å². The van der Waals surface area contributed by atoms with E-state index in [2.05, 4.69) is 43.2 Å². The average molecular weight is 803 g/mol. The number of methoxy groups -OCH3 is 1. The molecule has 1 aromatic heterocycles. The molecule has 0 spiro atoms. The lowest BCUT2D eigenvalue weighted by Gasteiger charge is -2.45. The van der Waals surface area contributed by atoms with Gasteiger partial charge in [-0.3, -0.25) is 34.3 Å². The van der Waals surface area contributed by atoms with Gasteiger partial charge >= 0.3 is 6.03 Å². The van der Waals surface area contributed by atoms with Gasteiger partial charge in [-0.05, 0) is 81.5 Å². The lowest BCUT2D eigenvalue weighted by atomic mass is 9.96. The highest BCUT2D eigenvalue weighted by Gasteiger charge is 2.45. The predicted molar refractivity (Wildman–Crippen MR) is 221 cm³/mol. The van der Waals surface area contributed by atoms with Crippen molar-refractivity contribution < 1.29 is 28.7 Å². The Morgan fingerprint density at radius 2 is 1.61 bits per heavy atom. The van der Waals surface area contributed by atoms with E-state index in [4.69, 9.17) is 9.72 Å². The van der Waals surface area contributed by atoms with Gasteiger partial charge in [0.2, 0.25) is 11.8 Å². The summed E-state index contributed by atoms with van der Waals surface area (Å²) in [5.41, 5.74) is 3.58. The van der Waals surface area contributed by atoms with Gasteiger partial charge in [-0.15, -0.1) is 0 Å². The summed E-state index contributed by atoms with van der Waals surface area (Å²) in [6.07, 6.45) is 4.07. The molecule has 0 aliphatic carbocycles. The van der Waals surface area contributed by atoms with Crippen molar-refractivity contribution >= 4 is 52.5 Å². The molecule has 0 saturated carbocycles. The lowest BCUT2D eigenvalue weighted by molar-refractivity contribution is -0.136. The SMILES string of the molecule is COc1cc(N2C[C@@H](C)N(C(=O)Nc3ccc(N4CCC(CN5CCN(c6ccc7c(c6)C(=O)N([C@H]6CCC(=O)NC6=O)C7=O)CC5)CC4)nc3)C[C@@H]2C)ccc1C#N. The predicted octanol–water partition coefficient (Wildman–Crippen LogP) is 3.53. The first-order valence-corrected chi connectivity index (χ1v) is 20.5. The van der Waals surface area contributed by atoms with E-state index in [1.54, 1.807) is 31.5 Å². The normalized spacial score (nSPS) is 22.9. The zero-order chi connectivity index (χ0) is 41.4. The summed E-state index contributed by atoms with van der Waals surface area (Å²) in [4.78, 5) is 80.8. The Hall–Kier alpha value is -6.21. The highest BCUT2D eigenvalue weighted by molar-refractivity contribution is 6.23. The van der Waals surface area contributed by atoms with Gasteiger partial charge in [0.15, 0.2) is 0 Å². The van der Waals surface area contributed by atoms with Crippen LogP contribution in [-0.2, 0) is 9.59 Å². The fourth-order valence-corrected chi connectivity index (χ4v) is 9.12. The number of amides is 6. The molecule has 2 aromatic carbocycles. The van der Waals surface area contributed by atoms with Gasteiger partial charge in [0, 0.05) is 94.8 Å². The summed E-state index contributed by atoms with van der Waals surface area (Å²) < 4.78 is 5.42. The van der Waals surface area contributed by atoms with Crippen LogP contribution in [0.5, 0.6) is 5.75 Å². The minimum absolute atomic E-state index is 0.0448. The molecule has 2 N–H and O–H groups in total. The number of carbonyl (C=O) groups excluding carboxylic acids is 5. The molecule has 16 heteroatoms. The molecule has 3 aromatic rings. The smallest absolute Gasteiger partial charge is 0.322 e. The standard InChI is InChI=1S/C43H50N10O6/c1-27-25-52(28(2)24-51(27)33-6-4-30(22-44)37(21-33)59-3)43(58)46-31-5-10-38(45-23-31)50-14-12-29(13-15-50)26-48-16-18-49(19-17-48)32-7-8-34-35(20-32)42(57)53(41(34)56)36-9-11-39(54)47-40(36)55/h4-8,10,20-21,23,27-29,36H,9,11-19,24-26H2,1-3H3,(H,46,58)(H,47,54,55)/t27-,28+,36-/m0/s1. The molecule has 5 aliphatic rings. The summed E-state index contributed by atoms with van der Waals surface area (Å²) in [7, 11) is 1.56. The first-order chi connectivity index (χ1) is 28.5. The number of aromatic nitrogens is 1. The number of anilines is 4. The van der Waals surface area contributed by atoms with Gasteiger partial charge in [0.1, 0.15) is 23.7 Å². The number of carbonyl (C=O) groups is 5. The lowest BCUT2D eigenvalue weighted by Crippen LogP contribution is -2.59. The van der Waals surface area contributed by atoms with E-state index in [0.717, 1.165) is 80.7 Å². The maximum absolute atomic E-state index is 13.4. The van der Waals surface area contributed by atoms with Crippen LogP contribution in [0.15, 0.2) is 54.7 Å². The van der Waals surface area contributed by atoms with Crippen molar-refractivity contribution in [3.05, 3.63) is 71.4 Å². The highest BCUT2D eigenvalue weighted by atomic mass is 16.5. The number of fused-ring (bicyclic) bond motifs is 1. The molecular formula is C43H50N10O6. The van der Waals surface area contributed by atoms with E-state index in [9.17, 15) is 29.2 Å². The van der Waals surface area contributed by atoms with E-state index < -0.39 is 29.7 Å². The number of pyridine rings is 1. The maximum Gasteiger partial charge on any atom is 0.322 e. The van der Waals surface area contributed by atoms with Crippen molar-refractivity contribution in [3.63, 3.8) is 0 Å². The van der Waals surface area contributed by atoms with Crippen LogP contribution in [0.1, 0.15) is 65.8 Å². The van der Waals surface area contributed by atoms with Crippen molar-refractivity contribution in [2.75, 3.05) is 86.0 Å². The number of hydrogen-bond donors (Lipinski definition) is 2. The number of nitrogens with zero attached hydrogens (tertiary/aromatic N) is 8. The van der Waals surface area contributed by atoms with E-state index in [-0.39, 0.29) is 31.0 Å². The van der Waals surface area contributed by atoms with Crippen molar-refractivity contribution in [1.82, 2.24) is 25.0 Å². The first-order valence-electron chi connectivity index (χ1n) is 20.5. The third kappa shape index (κ3) is 7.99. The zero-order valence-electron chi connectivity index (χ0n) is 33.7. The van der Waals surface area contributed by atoms with Crippen LogP contribution in [0.3, 0.4) is 0 Å². The number of nitrogens with one attached hydrogen (secondary N) is 2. The molecule has 308 valence electrons. The van der Waals surface area contributed by atoms with E-state index in [1.165, 1.54) is 0 Å². The van der Waals surface area contributed by atoms with Crippen LogP contribution in [0.2, 0.25) is 0 Å². The number of imide groups is 2. The van der Waals surface area contributed by atoms with E-state index >= 15 is 0 Å². The summed E-state index contributed by atoms with van der Waals surface area (Å²) in [5.74, 6) is 0.0306. The van der Waals surface area contributed by atoms with Crippen LogP contribution in [0.4, 0.5) is 27.7 Å². The van der Waals surface area contributed by atoms with Crippen molar-refractivity contribution in [2.45, 2.75) is 57.7 Å². The summed E-state index contributed by atoms with van der Waals surface area (Å²) >= 11 is 0. The number of piperazine rings is 2. The van der Waals surface area contributed by atoms with Crippen molar-refractivity contribution in [2.24, 2.45) is 5.92 Å². The third-order valence-corrected chi connectivity index (χ3v) is 12.5. The minimum atomic E-state index is -0.975. The van der Waals surface area contributed by atoms with Crippen LogP contribution in [0, 0.1) is 17.2 Å². The molecule has 3 atom stereocenters. The van der Waals surface area contributed by atoms with Crippen LogP contribution in [0.25, 0.3) is 0 Å². The molecule has 6 amide bonds. The zero-order valence-corrected chi connectivity index (χ0v) is 33.7. The largest absolute Gasteiger partial charge is 0.495 e. The topological polar surface area (TPSA) is 175 Å². The van der Waals surface area contributed by atoms with Crippen molar-refractivity contribution in [1.29, 1.82) is 5.26 Å². The summed E-state index contributed by atoms with van der Waals surface area (Å²) in [6, 6.07) is 15.8. The number of ether oxygens (including phenoxy) is 1. The molecular weight excluding hydrogens is 753 g/mol. The van der Waals surface area contributed by atoms with Crippen molar-refractivity contribution in [3.8, 4) is 11.8 Å². The monoisotopic (exact) mass is 802 g/mol. The molecule has 0 radical (unpaired) electrons. The van der Waals surface area contributed by atoms with Gasteiger partial charge in [-0.25, -0.2) is 9.78 Å². The molecule has 5 aliphatic heterocycles. The van der Waals surface area contributed by atoms with Gasteiger partial charge < -0.3 is 29.7 Å². The number of benzene rings is 2.